The van der Waals surface area contributed by atoms with Crippen molar-refractivity contribution in [3.8, 4) is 22.6 Å². The zero-order chi connectivity index (χ0) is 13.8. The Labute approximate surface area is 112 Å². The van der Waals surface area contributed by atoms with Gasteiger partial charge in [-0.05, 0) is 49.2 Å². The Balaban J connectivity index is 2.31. The summed E-state index contributed by atoms with van der Waals surface area (Å²) in [6.07, 6.45) is 0. The number of phenols is 1. The lowest BCUT2D eigenvalue weighted by atomic mass is 10.0. The van der Waals surface area contributed by atoms with E-state index in [1.807, 2.05) is 37.3 Å². The molecule has 19 heavy (non-hydrogen) atoms. The number of Topliss-reactive ketones (excluding diaryl/α,β-unsaturated/α-hetero) is 1. The van der Waals surface area contributed by atoms with Crippen LogP contribution in [0.1, 0.15) is 24.2 Å². The van der Waals surface area contributed by atoms with Gasteiger partial charge in [0.2, 0.25) is 0 Å². The summed E-state index contributed by atoms with van der Waals surface area (Å²) in [7, 11) is 0. The van der Waals surface area contributed by atoms with Gasteiger partial charge in [-0.3, -0.25) is 4.79 Å². The lowest BCUT2D eigenvalue weighted by Gasteiger charge is -2.07. The van der Waals surface area contributed by atoms with E-state index in [1.165, 1.54) is 6.92 Å². The lowest BCUT2D eigenvalue weighted by Crippen LogP contribution is -1.93. The van der Waals surface area contributed by atoms with Crippen molar-refractivity contribution in [3.63, 3.8) is 0 Å². The number of phenolic OH excluding ortho intramolecular Hbond substituents is 1. The van der Waals surface area contributed by atoms with Crippen LogP contribution in [0.4, 0.5) is 0 Å². The predicted molar refractivity (Wildman–Crippen MR) is 74.7 cm³/mol. The van der Waals surface area contributed by atoms with E-state index in [9.17, 15) is 9.90 Å². The minimum absolute atomic E-state index is 0.0129. The highest BCUT2D eigenvalue weighted by atomic mass is 16.5. The van der Waals surface area contributed by atoms with Gasteiger partial charge >= 0.3 is 0 Å². The van der Waals surface area contributed by atoms with Crippen molar-refractivity contribution < 1.29 is 14.6 Å². The van der Waals surface area contributed by atoms with Gasteiger partial charge in [-0.25, -0.2) is 0 Å². The average molecular weight is 256 g/mol. The third kappa shape index (κ3) is 2.94. The molecule has 0 saturated heterocycles. The second kappa shape index (κ2) is 5.57. The molecule has 2 rings (SSSR count). The maximum atomic E-state index is 11.3. The summed E-state index contributed by atoms with van der Waals surface area (Å²) in [5, 5.41) is 9.82. The molecule has 0 unspecified atom stereocenters. The molecule has 3 nitrogen and oxygen atoms in total. The van der Waals surface area contributed by atoms with Crippen LogP contribution in [-0.4, -0.2) is 17.5 Å². The molecule has 0 radical (unpaired) electrons. The normalized spacial score (nSPS) is 10.2. The molecule has 0 heterocycles. The largest absolute Gasteiger partial charge is 0.507 e. The van der Waals surface area contributed by atoms with Crippen molar-refractivity contribution in [2.45, 2.75) is 13.8 Å². The minimum atomic E-state index is -0.143. The van der Waals surface area contributed by atoms with Crippen LogP contribution in [0.2, 0.25) is 0 Å². The highest BCUT2D eigenvalue weighted by Crippen LogP contribution is 2.28. The van der Waals surface area contributed by atoms with Gasteiger partial charge in [0.1, 0.15) is 11.5 Å². The maximum absolute atomic E-state index is 11.3. The first-order valence-corrected chi connectivity index (χ1v) is 6.19. The second-order valence-corrected chi connectivity index (χ2v) is 4.25. The van der Waals surface area contributed by atoms with E-state index in [2.05, 4.69) is 0 Å². The van der Waals surface area contributed by atoms with E-state index in [1.54, 1.807) is 12.1 Å². The number of carbonyl (C=O) groups excluding carboxylic acids is 1. The molecule has 0 bridgehead atoms. The van der Waals surface area contributed by atoms with E-state index in [-0.39, 0.29) is 11.5 Å². The van der Waals surface area contributed by atoms with Crippen molar-refractivity contribution in [2.75, 3.05) is 6.61 Å². The molecule has 0 saturated carbocycles. The van der Waals surface area contributed by atoms with E-state index in [4.69, 9.17) is 4.74 Å². The molecule has 0 spiro atoms. The zero-order valence-electron chi connectivity index (χ0n) is 11.0. The molecule has 3 heteroatoms. The maximum Gasteiger partial charge on any atom is 0.163 e. The van der Waals surface area contributed by atoms with Crippen molar-refractivity contribution in [1.29, 1.82) is 0 Å². The second-order valence-electron chi connectivity index (χ2n) is 4.25. The van der Waals surface area contributed by atoms with Gasteiger partial charge < -0.3 is 9.84 Å². The number of benzene rings is 2. The van der Waals surface area contributed by atoms with Crippen molar-refractivity contribution in [1.82, 2.24) is 0 Å². The zero-order valence-corrected chi connectivity index (χ0v) is 11.0. The van der Waals surface area contributed by atoms with Crippen LogP contribution in [0.3, 0.4) is 0 Å². The summed E-state index contributed by atoms with van der Waals surface area (Å²) < 4.78 is 5.38. The third-order valence-electron chi connectivity index (χ3n) is 2.88. The van der Waals surface area contributed by atoms with E-state index in [0.717, 1.165) is 16.9 Å². The fraction of sp³-hybridized carbons (Fsp3) is 0.188. The smallest absolute Gasteiger partial charge is 0.163 e. The Morgan fingerprint density at radius 3 is 2.26 bits per heavy atom. The van der Waals surface area contributed by atoms with Crippen LogP contribution in [-0.2, 0) is 0 Å². The summed E-state index contributed by atoms with van der Waals surface area (Å²) in [6, 6.07) is 12.7. The molecular weight excluding hydrogens is 240 g/mol. The number of aromatic hydroxyl groups is 1. The summed E-state index contributed by atoms with van der Waals surface area (Å²) >= 11 is 0. The highest BCUT2D eigenvalue weighted by Gasteiger charge is 2.08. The van der Waals surface area contributed by atoms with Gasteiger partial charge in [-0.1, -0.05) is 18.2 Å². The molecule has 0 amide bonds. The van der Waals surface area contributed by atoms with Gasteiger partial charge in [0.05, 0.1) is 12.2 Å². The topological polar surface area (TPSA) is 46.5 Å². The Hall–Kier alpha value is -2.29. The molecule has 0 aliphatic carbocycles. The van der Waals surface area contributed by atoms with Crippen molar-refractivity contribution in [3.05, 3.63) is 48.0 Å². The monoisotopic (exact) mass is 256 g/mol. The number of carbonyl (C=O) groups is 1. The van der Waals surface area contributed by atoms with Crippen molar-refractivity contribution >= 4 is 5.78 Å². The molecule has 2 aromatic rings. The molecule has 0 aliphatic rings. The van der Waals surface area contributed by atoms with Crippen LogP contribution in [0.25, 0.3) is 11.1 Å². The van der Waals surface area contributed by atoms with Gasteiger partial charge in [0.25, 0.3) is 0 Å². The Morgan fingerprint density at radius 2 is 1.74 bits per heavy atom. The predicted octanol–water partition coefficient (Wildman–Crippen LogP) is 3.66. The molecular formula is C16H16O3. The van der Waals surface area contributed by atoms with Gasteiger partial charge in [-0.2, -0.15) is 0 Å². The van der Waals surface area contributed by atoms with E-state index >= 15 is 0 Å². The van der Waals surface area contributed by atoms with Crippen LogP contribution < -0.4 is 4.74 Å². The number of ether oxygens (including phenoxy) is 1. The summed E-state index contributed by atoms with van der Waals surface area (Å²) in [4.78, 5) is 11.3. The molecule has 0 fully saturated rings. The molecule has 2 aromatic carbocycles. The van der Waals surface area contributed by atoms with E-state index in [0.29, 0.717) is 12.2 Å². The van der Waals surface area contributed by atoms with Crippen LogP contribution in [0.15, 0.2) is 42.5 Å². The number of ketones is 1. The van der Waals surface area contributed by atoms with Crippen molar-refractivity contribution in [2.24, 2.45) is 0 Å². The number of hydrogen-bond acceptors (Lipinski definition) is 3. The first-order chi connectivity index (χ1) is 9.11. The number of hydrogen-bond donors (Lipinski definition) is 1. The Morgan fingerprint density at radius 1 is 1.11 bits per heavy atom. The van der Waals surface area contributed by atoms with Gasteiger partial charge in [0.15, 0.2) is 5.78 Å². The first-order valence-electron chi connectivity index (χ1n) is 6.19. The molecule has 0 aromatic heterocycles. The van der Waals surface area contributed by atoms with Gasteiger partial charge in [-0.15, -0.1) is 0 Å². The quantitative estimate of drug-likeness (QED) is 0.849. The fourth-order valence-corrected chi connectivity index (χ4v) is 1.92. The standard InChI is InChI=1S/C16H16O3/c1-3-19-14-7-4-12(5-8-14)13-6-9-15(11(2)17)16(18)10-13/h4-10,18H,3H2,1-2H3. The molecule has 0 aliphatic heterocycles. The molecule has 1 N–H and O–H groups in total. The average Bonchev–Trinajstić information content (AvgIpc) is 2.39. The minimum Gasteiger partial charge on any atom is -0.507 e. The van der Waals surface area contributed by atoms with E-state index < -0.39 is 0 Å². The van der Waals surface area contributed by atoms with Gasteiger partial charge in [0, 0.05) is 0 Å². The molecule has 0 atom stereocenters. The summed E-state index contributed by atoms with van der Waals surface area (Å²) in [5.41, 5.74) is 2.18. The van der Waals surface area contributed by atoms with Crippen LogP contribution in [0.5, 0.6) is 11.5 Å². The summed E-state index contributed by atoms with van der Waals surface area (Å²) in [6.45, 7) is 4.01. The summed E-state index contributed by atoms with van der Waals surface area (Å²) in [5.74, 6) is 0.686. The van der Waals surface area contributed by atoms with Crippen LogP contribution >= 0.6 is 0 Å². The van der Waals surface area contributed by atoms with Crippen LogP contribution in [0, 0.1) is 0 Å². The lowest BCUT2D eigenvalue weighted by molar-refractivity contribution is 0.101. The fourth-order valence-electron chi connectivity index (χ4n) is 1.92. The highest BCUT2D eigenvalue weighted by molar-refractivity contribution is 5.97. The molecule has 98 valence electrons. The third-order valence-corrected chi connectivity index (χ3v) is 2.88. The Kier molecular flexibility index (Phi) is 3.85. The number of rotatable bonds is 4. The Bertz CT molecular complexity index is 585. The SMILES string of the molecule is CCOc1ccc(-c2ccc(C(C)=O)c(O)c2)cc1. The first kappa shape index (κ1) is 13.1.